The molecule has 1 saturated heterocycles. The highest BCUT2D eigenvalue weighted by Gasteiger charge is 2.41. The second kappa shape index (κ2) is 10.3. The number of benzene rings is 1. The van der Waals surface area contributed by atoms with Gasteiger partial charge in [0.05, 0.1) is 6.04 Å². The van der Waals surface area contributed by atoms with Crippen LogP contribution in [0.1, 0.15) is 30.9 Å². The average molecular weight is 463 g/mol. The molecule has 0 amide bonds. The van der Waals surface area contributed by atoms with Crippen LogP contribution in [0.2, 0.25) is 0 Å². The molecule has 2 atom stereocenters. The minimum atomic E-state index is -5.08. The number of thiol groups is 1. The zero-order valence-corrected chi connectivity index (χ0v) is 17.1. The maximum atomic E-state index is 14.3. The zero-order chi connectivity index (χ0) is 23.3. The summed E-state index contributed by atoms with van der Waals surface area (Å²) in [6.45, 7) is 0.903. The molecule has 0 bridgehead atoms. The quantitative estimate of drug-likeness (QED) is 0.352. The van der Waals surface area contributed by atoms with Gasteiger partial charge in [-0.1, -0.05) is 18.2 Å². The molecule has 6 nitrogen and oxygen atoms in total. The van der Waals surface area contributed by atoms with E-state index in [2.05, 4.69) is 12.6 Å². The second-order valence-corrected chi connectivity index (χ2v) is 7.86. The van der Waals surface area contributed by atoms with Gasteiger partial charge in [-0.25, -0.2) is 14.0 Å². The molecule has 31 heavy (non-hydrogen) atoms. The van der Waals surface area contributed by atoms with E-state index in [0.717, 1.165) is 18.9 Å². The van der Waals surface area contributed by atoms with Gasteiger partial charge in [0.2, 0.25) is 0 Å². The smallest absolute Gasteiger partial charge is 0.478 e. The predicted molar refractivity (Wildman–Crippen MR) is 105 cm³/mol. The van der Waals surface area contributed by atoms with Crippen molar-refractivity contribution < 1.29 is 42.2 Å². The molecule has 1 aliphatic carbocycles. The SMILES string of the molecule is O=C(O)/C=C1/CN(C(C(=O)C2CC2)c2ccccc2F)CCC1S.O=C(O)C(F)(F)F. The Balaban J connectivity index is 0.000000423. The van der Waals surface area contributed by atoms with E-state index >= 15 is 0 Å². The van der Waals surface area contributed by atoms with Crippen molar-refractivity contribution >= 4 is 30.4 Å². The van der Waals surface area contributed by atoms with Crippen LogP contribution in [0.4, 0.5) is 17.6 Å². The second-order valence-electron chi connectivity index (χ2n) is 7.24. The summed E-state index contributed by atoms with van der Waals surface area (Å²) in [5.74, 6) is -4.15. The van der Waals surface area contributed by atoms with Gasteiger partial charge < -0.3 is 10.2 Å². The Labute approximate surface area is 180 Å². The van der Waals surface area contributed by atoms with Crippen LogP contribution in [0.3, 0.4) is 0 Å². The van der Waals surface area contributed by atoms with Crippen molar-refractivity contribution in [3.8, 4) is 0 Å². The van der Waals surface area contributed by atoms with E-state index in [1.54, 1.807) is 18.2 Å². The minimum absolute atomic E-state index is 0.00441. The van der Waals surface area contributed by atoms with Crippen LogP contribution in [0, 0.1) is 11.7 Å². The molecule has 2 aliphatic rings. The number of hydrogen-bond donors (Lipinski definition) is 3. The predicted octanol–water partition coefficient (Wildman–Crippen LogP) is 3.49. The highest BCUT2D eigenvalue weighted by molar-refractivity contribution is 7.81. The summed E-state index contributed by atoms with van der Waals surface area (Å²) >= 11 is 4.44. The Bertz CT molecular complexity index is 869. The zero-order valence-electron chi connectivity index (χ0n) is 16.2. The number of alkyl halides is 3. The monoisotopic (exact) mass is 463 g/mol. The van der Waals surface area contributed by atoms with E-state index in [0.29, 0.717) is 30.6 Å². The number of piperidine rings is 1. The van der Waals surface area contributed by atoms with Crippen molar-refractivity contribution in [3.05, 3.63) is 47.3 Å². The number of ketones is 1. The topological polar surface area (TPSA) is 94.9 Å². The number of carboxylic acid groups (broad SMARTS) is 2. The molecule has 170 valence electrons. The number of hydrogen-bond acceptors (Lipinski definition) is 5. The standard InChI is InChI=1S/C18H20FNO3S.C2HF3O2/c19-14-4-2-1-3-13(14)17(18(23)11-5-6-11)20-8-7-15(24)12(10-20)9-16(21)22;3-2(4,5)1(6)7/h1-4,9,11,15,17,24H,5-8,10H2,(H,21,22);(H,6,7)/b12-9-;. The van der Waals surface area contributed by atoms with Crippen molar-refractivity contribution in [1.29, 1.82) is 0 Å². The fraction of sp³-hybridized carbons (Fsp3) is 0.450. The van der Waals surface area contributed by atoms with Crippen LogP contribution in [0.25, 0.3) is 0 Å². The average Bonchev–Trinajstić information content (AvgIpc) is 3.50. The summed E-state index contributed by atoms with van der Waals surface area (Å²) in [5.41, 5.74) is 1.03. The third kappa shape index (κ3) is 7.06. The van der Waals surface area contributed by atoms with Gasteiger partial charge in [0, 0.05) is 35.9 Å². The molecule has 2 fully saturated rings. The number of rotatable bonds is 5. The lowest BCUT2D eigenvalue weighted by Gasteiger charge is -2.37. The Hall–Kier alpha value is -2.40. The van der Waals surface area contributed by atoms with Gasteiger partial charge in [-0.05, 0) is 30.9 Å². The van der Waals surface area contributed by atoms with Gasteiger partial charge >= 0.3 is 18.1 Å². The van der Waals surface area contributed by atoms with Crippen LogP contribution in [-0.4, -0.2) is 57.4 Å². The Morgan fingerprint density at radius 1 is 1.13 bits per heavy atom. The summed E-state index contributed by atoms with van der Waals surface area (Å²) in [4.78, 5) is 34.6. The van der Waals surface area contributed by atoms with E-state index in [4.69, 9.17) is 15.0 Å². The molecule has 3 rings (SSSR count). The van der Waals surface area contributed by atoms with Gasteiger partial charge in [-0.3, -0.25) is 9.69 Å². The Morgan fingerprint density at radius 2 is 1.71 bits per heavy atom. The molecule has 1 heterocycles. The molecule has 1 aliphatic heterocycles. The summed E-state index contributed by atoms with van der Waals surface area (Å²) in [6.07, 6.45) is -1.59. The molecule has 11 heteroatoms. The first-order chi connectivity index (χ1) is 14.4. The minimum Gasteiger partial charge on any atom is -0.478 e. The van der Waals surface area contributed by atoms with Crippen LogP contribution < -0.4 is 0 Å². The number of carbonyl (C=O) groups is 3. The van der Waals surface area contributed by atoms with Crippen LogP contribution in [-0.2, 0) is 14.4 Å². The van der Waals surface area contributed by atoms with E-state index < -0.39 is 30.0 Å². The van der Waals surface area contributed by atoms with E-state index in [9.17, 15) is 27.2 Å². The van der Waals surface area contributed by atoms with E-state index in [-0.39, 0.29) is 17.0 Å². The summed E-state index contributed by atoms with van der Waals surface area (Å²) < 4.78 is 46.1. The summed E-state index contributed by atoms with van der Waals surface area (Å²) in [7, 11) is 0. The van der Waals surface area contributed by atoms with Gasteiger partial charge in [0.15, 0.2) is 5.78 Å². The number of likely N-dealkylation sites (tertiary alicyclic amines) is 1. The normalized spacial score (nSPS) is 21.7. The Kier molecular flexibility index (Phi) is 8.24. The lowest BCUT2D eigenvalue weighted by Crippen LogP contribution is -2.42. The number of carbonyl (C=O) groups excluding carboxylic acids is 1. The molecular formula is C20H21F4NO5S. The lowest BCUT2D eigenvalue weighted by molar-refractivity contribution is -0.192. The van der Waals surface area contributed by atoms with Gasteiger partial charge in [0.1, 0.15) is 5.82 Å². The first-order valence-corrected chi connectivity index (χ1v) is 9.87. The van der Waals surface area contributed by atoms with Gasteiger partial charge in [-0.15, -0.1) is 0 Å². The highest BCUT2D eigenvalue weighted by Crippen LogP contribution is 2.39. The fourth-order valence-corrected chi connectivity index (χ4v) is 3.50. The number of Topliss-reactive ketones (excluding diaryl/α,β-unsaturated/α-hetero) is 1. The molecule has 0 radical (unpaired) electrons. The maximum absolute atomic E-state index is 14.3. The molecule has 1 aromatic carbocycles. The molecule has 0 aromatic heterocycles. The number of aliphatic carboxylic acids is 2. The molecular weight excluding hydrogens is 442 g/mol. The maximum Gasteiger partial charge on any atom is 0.490 e. The van der Waals surface area contributed by atoms with Crippen LogP contribution in [0.15, 0.2) is 35.9 Å². The summed E-state index contributed by atoms with van der Waals surface area (Å²) in [5, 5.41) is 16.0. The lowest BCUT2D eigenvalue weighted by atomic mass is 9.93. The van der Waals surface area contributed by atoms with Crippen molar-refractivity contribution in [1.82, 2.24) is 4.90 Å². The largest absolute Gasteiger partial charge is 0.490 e. The molecule has 0 spiro atoms. The molecule has 1 saturated carbocycles. The number of nitrogens with zero attached hydrogens (tertiary/aromatic N) is 1. The van der Waals surface area contributed by atoms with Gasteiger partial charge in [0.25, 0.3) is 0 Å². The van der Waals surface area contributed by atoms with Crippen molar-refractivity contribution in [2.75, 3.05) is 13.1 Å². The number of carboxylic acids is 2. The molecule has 2 N–H and O–H groups in total. The van der Waals surface area contributed by atoms with Crippen LogP contribution in [0.5, 0.6) is 0 Å². The van der Waals surface area contributed by atoms with E-state index in [1.807, 2.05) is 4.90 Å². The van der Waals surface area contributed by atoms with Crippen LogP contribution >= 0.6 is 12.6 Å². The van der Waals surface area contributed by atoms with Crippen molar-refractivity contribution in [3.63, 3.8) is 0 Å². The molecule has 1 aromatic rings. The van der Waals surface area contributed by atoms with E-state index in [1.165, 1.54) is 6.07 Å². The third-order valence-electron chi connectivity index (χ3n) is 4.87. The summed E-state index contributed by atoms with van der Waals surface area (Å²) in [6, 6.07) is 5.69. The molecule has 2 unspecified atom stereocenters. The van der Waals surface area contributed by atoms with Crippen molar-refractivity contribution in [2.24, 2.45) is 5.92 Å². The highest BCUT2D eigenvalue weighted by atomic mass is 32.1. The Morgan fingerprint density at radius 3 is 2.19 bits per heavy atom. The first-order valence-electron chi connectivity index (χ1n) is 9.35. The number of halogens is 4. The third-order valence-corrected chi connectivity index (χ3v) is 5.46. The van der Waals surface area contributed by atoms with Crippen molar-refractivity contribution in [2.45, 2.75) is 36.7 Å². The van der Waals surface area contributed by atoms with Gasteiger partial charge in [-0.2, -0.15) is 25.8 Å². The first kappa shape index (κ1) is 24.9. The fourth-order valence-electron chi connectivity index (χ4n) is 3.23.